The van der Waals surface area contributed by atoms with Gasteiger partial charge in [-0.05, 0) is 37.3 Å². The summed E-state index contributed by atoms with van der Waals surface area (Å²) in [5.74, 6) is 0.182. The Bertz CT molecular complexity index is 454. The Balaban J connectivity index is 2.39. The molecule has 17 heavy (non-hydrogen) atoms. The van der Waals surface area contributed by atoms with Crippen LogP contribution >= 0.6 is 0 Å². The lowest BCUT2D eigenvalue weighted by molar-refractivity contribution is 0.570. The molecule has 96 valence electrons. The van der Waals surface area contributed by atoms with E-state index in [0.29, 0.717) is 6.42 Å². The lowest BCUT2D eigenvalue weighted by Crippen LogP contribution is -2.24. The fourth-order valence-corrected chi connectivity index (χ4v) is 2.47. The highest BCUT2D eigenvalue weighted by Gasteiger charge is 2.08. The van der Waals surface area contributed by atoms with Gasteiger partial charge in [-0.25, -0.2) is 8.42 Å². The van der Waals surface area contributed by atoms with Gasteiger partial charge in [0.05, 0.1) is 5.75 Å². The number of benzene rings is 1. The maximum Gasteiger partial charge on any atom is 0.147 e. The summed E-state index contributed by atoms with van der Waals surface area (Å²) >= 11 is 0. The Labute approximate surface area is 104 Å². The minimum atomic E-state index is -2.89. The molecule has 0 amide bonds. The minimum Gasteiger partial charge on any atom is -0.328 e. The molecular weight excluding hydrogens is 234 g/mol. The second kappa shape index (κ2) is 6.17. The normalized spacial score (nSPS) is 13.6. The average Bonchev–Trinajstić information content (AvgIpc) is 2.24. The lowest BCUT2D eigenvalue weighted by Gasteiger charge is -2.11. The zero-order chi connectivity index (χ0) is 12.9. The van der Waals surface area contributed by atoms with Crippen LogP contribution in [0.15, 0.2) is 24.3 Å². The Morgan fingerprint density at radius 3 is 2.47 bits per heavy atom. The van der Waals surface area contributed by atoms with Crippen molar-refractivity contribution in [1.29, 1.82) is 0 Å². The number of rotatable bonds is 6. The maximum atomic E-state index is 11.0. The first-order valence-corrected chi connectivity index (χ1v) is 7.92. The second-order valence-electron chi connectivity index (χ2n) is 4.64. The van der Waals surface area contributed by atoms with E-state index in [0.717, 1.165) is 12.8 Å². The van der Waals surface area contributed by atoms with Gasteiger partial charge < -0.3 is 5.73 Å². The van der Waals surface area contributed by atoms with Crippen LogP contribution in [-0.2, 0) is 16.3 Å². The molecule has 0 spiro atoms. The SMILES string of the molecule is Cc1ccccc1CCC(N)CCS(C)(=O)=O. The average molecular weight is 255 g/mol. The Morgan fingerprint density at radius 2 is 1.88 bits per heavy atom. The van der Waals surface area contributed by atoms with Crippen molar-refractivity contribution in [2.45, 2.75) is 32.2 Å². The van der Waals surface area contributed by atoms with Crippen molar-refractivity contribution in [1.82, 2.24) is 0 Å². The van der Waals surface area contributed by atoms with Crippen molar-refractivity contribution in [2.75, 3.05) is 12.0 Å². The van der Waals surface area contributed by atoms with Crippen molar-refractivity contribution in [3.05, 3.63) is 35.4 Å². The fourth-order valence-electron chi connectivity index (χ4n) is 1.74. The van der Waals surface area contributed by atoms with Gasteiger partial charge in [0.2, 0.25) is 0 Å². The molecule has 0 aromatic heterocycles. The van der Waals surface area contributed by atoms with Crippen molar-refractivity contribution >= 4 is 9.84 Å². The monoisotopic (exact) mass is 255 g/mol. The highest BCUT2D eigenvalue weighted by Crippen LogP contribution is 2.11. The van der Waals surface area contributed by atoms with Crippen LogP contribution in [0.1, 0.15) is 24.0 Å². The van der Waals surface area contributed by atoms with Crippen LogP contribution in [0.2, 0.25) is 0 Å². The van der Waals surface area contributed by atoms with Gasteiger partial charge in [0, 0.05) is 12.3 Å². The molecule has 0 heterocycles. The fraction of sp³-hybridized carbons (Fsp3) is 0.538. The van der Waals surface area contributed by atoms with Gasteiger partial charge in [0.1, 0.15) is 9.84 Å². The van der Waals surface area contributed by atoms with Crippen LogP contribution < -0.4 is 5.73 Å². The quantitative estimate of drug-likeness (QED) is 0.841. The van der Waals surface area contributed by atoms with Crippen LogP contribution in [0.25, 0.3) is 0 Å². The third kappa shape index (κ3) is 5.84. The van der Waals surface area contributed by atoms with E-state index in [1.165, 1.54) is 17.4 Å². The van der Waals surface area contributed by atoms with Gasteiger partial charge in [0.25, 0.3) is 0 Å². The van der Waals surface area contributed by atoms with E-state index >= 15 is 0 Å². The lowest BCUT2D eigenvalue weighted by atomic mass is 10.0. The Hall–Kier alpha value is -0.870. The van der Waals surface area contributed by atoms with Gasteiger partial charge in [0.15, 0.2) is 0 Å². The standard InChI is InChI=1S/C13H21NO2S/c1-11-5-3-4-6-12(11)7-8-13(14)9-10-17(2,15)16/h3-6,13H,7-10,14H2,1-2H3. The van der Waals surface area contributed by atoms with E-state index in [4.69, 9.17) is 5.73 Å². The van der Waals surface area contributed by atoms with Gasteiger partial charge in [-0.3, -0.25) is 0 Å². The molecule has 0 aliphatic heterocycles. The topological polar surface area (TPSA) is 60.2 Å². The van der Waals surface area contributed by atoms with Crippen molar-refractivity contribution in [2.24, 2.45) is 5.73 Å². The van der Waals surface area contributed by atoms with Crippen LogP contribution in [0, 0.1) is 6.92 Å². The smallest absolute Gasteiger partial charge is 0.147 e. The molecule has 1 atom stereocenters. The summed E-state index contributed by atoms with van der Waals surface area (Å²) in [6.07, 6.45) is 3.55. The van der Waals surface area contributed by atoms with Gasteiger partial charge >= 0.3 is 0 Å². The van der Waals surface area contributed by atoms with Crippen LogP contribution in [0.5, 0.6) is 0 Å². The molecule has 2 N–H and O–H groups in total. The van der Waals surface area contributed by atoms with Crippen LogP contribution in [0.4, 0.5) is 0 Å². The maximum absolute atomic E-state index is 11.0. The Kier molecular flexibility index (Phi) is 5.15. The van der Waals surface area contributed by atoms with Crippen molar-refractivity contribution in [3.8, 4) is 0 Å². The first-order valence-electron chi connectivity index (χ1n) is 5.86. The van der Waals surface area contributed by atoms with Crippen molar-refractivity contribution < 1.29 is 8.42 Å². The molecule has 4 heteroatoms. The molecule has 0 saturated heterocycles. The molecule has 0 bridgehead atoms. The number of nitrogens with two attached hydrogens (primary N) is 1. The van der Waals surface area contributed by atoms with Gasteiger partial charge in [-0.15, -0.1) is 0 Å². The Morgan fingerprint density at radius 1 is 1.24 bits per heavy atom. The van der Waals surface area contributed by atoms with Gasteiger partial charge in [-0.2, -0.15) is 0 Å². The molecular formula is C13H21NO2S. The number of aryl methyl sites for hydroxylation is 2. The molecule has 0 aliphatic rings. The molecule has 0 saturated carbocycles. The zero-order valence-corrected chi connectivity index (χ0v) is 11.3. The predicted molar refractivity (Wildman–Crippen MR) is 71.8 cm³/mol. The number of sulfone groups is 1. The molecule has 0 fully saturated rings. The molecule has 1 unspecified atom stereocenters. The van der Waals surface area contributed by atoms with E-state index in [2.05, 4.69) is 19.1 Å². The molecule has 0 radical (unpaired) electrons. The third-order valence-electron chi connectivity index (χ3n) is 2.91. The van der Waals surface area contributed by atoms with Crippen LogP contribution in [0.3, 0.4) is 0 Å². The first kappa shape index (κ1) is 14.2. The van der Waals surface area contributed by atoms with E-state index in [9.17, 15) is 8.42 Å². The van der Waals surface area contributed by atoms with E-state index < -0.39 is 9.84 Å². The van der Waals surface area contributed by atoms with E-state index in [-0.39, 0.29) is 11.8 Å². The van der Waals surface area contributed by atoms with Crippen LogP contribution in [-0.4, -0.2) is 26.5 Å². The largest absolute Gasteiger partial charge is 0.328 e. The summed E-state index contributed by atoms with van der Waals surface area (Å²) in [6, 6.07) is 8.17. The predicted octanol–water partition coefficient (Wildman–Crippen LogP) is 1.69. The summed E-state index contributed by atoms with van der Waals surface area (Å²) in [4.78, 5) is 0. The molecule has 1 aromatic rings. The molecule has 1 aromatic carbocycles. The number of hydrogen-bond acceptors (Lipinski definition) is 3. The zero-order valence-electron chi connectivity index (χ0n) is 10.5. The van der Waals surface area contributed by atoms with Crippen molar-refractivity contribution in [3.63, 3.8) is 0 Å². The molecule has 1 rings (SSSR count). The van der Waals surface area contributed by atoms with E-state index in [1.807, 2.05) is 12.1 Å². The summed E-state index contributed by atoms with van der Waals surface area (Å²) in [7, 11) is -2.89. The summed E-state index contributed by atoms with van der Waals surface area (Å²) in [5.41, 5.74) is 8.47. The van der Waals surface area contributed by atoms with Gasteiger partial charge in [-0.1, -0.05) is 24.3 Å². The first-order chi connectivity index (χ1) is 7.88. The highest BCUT2D eigenvalue weighted by molar-refractivity contribution is 7.90. The summed E-state index contributed by atoms with van der Waals surface area (Å²) in [5, 5.41) is 0. The molecule has 3 nitrogen and oxygen atoms in total. The molecule has 0 aliphatic carbocycles. The third-order valence-corrected chi connectivity index (χ3v) is 3.88. The summed E-state index contributed by atoms with van der Waals surface area (Å²) < 4.78 is 22.0. The van der Waals surface area contributed by atoms with E-state index in [1.54, 1.807) is 0 Å². The number of hydrogen-bond donors (Lipinski definition) is 1. The summed E-state index contributed by atoms with van der Waals surface area (Å²) in [6.45, 7) is 2.08. The minimum absolute atomic E-state index is 0.0377. The second-order valence-corrected chi connectivity index (χ2v) is 6.90. The highest BCUT2D eigenvalue weighted by atomic mass is 32.2.